The Balaban J connectivity index is 2.58. The van der Waals surface area contributed by atoms with E-state index in [9.17, 15) is 0 Å². The highest BCUT2D eigenvalue weighted by molar-refractivity contribution is 6.30. The number of halogens is 1. The average Bonchev–Trinajstić information content (AvgIpc) is 2.26. The summed E-state index contributed by atoms with van der Waals surface area (Å²) in [5, 5.41) is 0.734. The molecule has 0 spiro atoms. The molecule has 0 bridgehead atoms. The van der Waals surface area contributed by atoms with Gasteiger partial charge in [0.1, 0.15) is 0 Å². The van der Waals surface area contributed by atoms with Crippen molar-refractivity contribution < 1.29 is 0 Å². The largest absolute Gasteiger partial charge is 0.271 e. The molecular formula is C12H15ClN2. The highest BCUT2D eigenvalue weighted by atomic mass is 35.5. The molecule has 1 aromatic carbocycles. The zero-order valence-electron chi connectivity index (χ0n) is 8.54. The predicted molar refractivity (Wildman–Crippen MR) is 64.2 cm³/mol. The molecule has 1 unspecified atom stereocenters. The van der Waals surface area contributed by atoms with Gasteiger partial charge in [-0.1, -0.05) is 23.7 Å². The van der Waals surface area contributed by atoms with Gasteiger partial charge >= 0.3 is 0 Å². The molecule has 3 heteroatoms. The maximum absolute atomic E-state index is 5.81. The number of hydrazine groups is 1. The standard InChI is InChI=1S/C12H15ClN2/c1-2-3-4-5-12(15-14)10-6-8-11(13)9-7-10/h1,6-9,12,15H,3-5,14H2. The molecule has 1 atom stereocenters. The molecule has 1 rings (SSSR count). The Morgan fingerprint density at radius 2 is 2.07 bits per heavy atom. The summed E-state index contributed by atoms with van der Waals surface area (Å²) in [5.74, 6) is 8.11. The first kappa shape index (κ1) is 12.1. The lowest BCUT2D eigenvalue weighted by atomic mass is 10.0. The van der Waals surface area contributed by atoms with Crippen molar-refractivity contribution in [2.24, 2.45) is 5.84 Å². The fourth-order valence-corrected chi connectivity index (χ4v) is 1.58. The van der Waals surface area contributed by atoms with Gasteiger partial charge < -0.3 is 0 Å². The molecule has 3 N–H and O–H groups in total. The van der Waals surface area contributed by atoms with Crippen LogP contribution in [0.3, 0.4) is 0 Å². The molecule has 0 radical (unpaired) electrons. The van der Waals surface area contributed by atoms with E-state index in [4.69, 9.17) is 23.9 Å². The topological polar surface area (TPSA) is 38.0 Å². The zero-order chi connectivity index (χ0) is 11.1. The molecule has 0 aliphatic heterocycles. The Morgan fingerprint density at radius 1 is 1.40 bits per heavy atom. The van der Waals surface area contributed by atoms with E-state index in [-0.39, 0.29) is 6.04 Å². The third-order valence-corrected chi connectivity index (χ3v) is 2.54. The number of nitrogens with two attached hydrogens (primary N) is 1. The molecule has 0 aliphatic carbocycles. The van der Waals surface area contributed by atoms with E-state index in [1.54, 1.807) is 0 Å². The third kappa shape index (κ3) is 3.93. The first-order valence-corrected chi connectivity index (χ1v) is 5.30. The number of rotatable bonds is 5. The fourth-order valence-electron chi connectivity index (χ4n) is 1.45. The fraction of sp³-hybridized carbons (Fsp3) is 0.333. The molecule has 2 nitrogen and oxygen atoms in total. The van der Waals surface area contributed by atoms with E-state index in [0.29, 0.717) is 0 Å². The van der Waals surface area contributed by atoms with Crippen molar-refractivity contribution in [2.75, 3.05) is 0 Å². The maximum Gasteiger partial charge on any atom is 0.0460 e. The zero-order valence-corrected chi connectivity index (χ0v) is 9.30. The van der Waals surface area contributed by atoms with Crippen LogP contribution in [0, 0.1) is 12.3 Å². The Labute approximate surface area is 95.8 Å². The van der Waals surface area contributed by atoms with Crippen LogP contribution in [0.4, 0.5) is 0 Å². The summed E-state index contributed by atoms with van der Waals surface area (Å²) in [6.07, 6.45) is 7.88. The summed E-state index contributed by atoms with van der Waals surface area (Å²) in [5.41, 5.74) is 3.92. The van der Waals surface area contributed by atoms with Gasteiger partial charge in [0, 0.05) is 17.5 Å². The first-order valence-electron chi connectivity index (χ1n) is 4.93. The summed E-state index contributed by atoms with van der Waals surface area (Å²) < 4.78 is 0. The van der Waals surface area contributed by atoms with Gasteiger partial charge in [0.25, 0.3) is 0 Å². The highest BCUT2D eigenvalue weighted by Gasteiger charge is 2.08. The minimum atomic E-state index is 0.149. The molecule has 1 aromatic rings. The summed E-state index contributed by atoms with van der Waals surface area (Å²) in [7, 11) is 0. The molecule has 0 saturated carbocycles. The molecule has 0 fully saturated rings. The predicted octanol–water partition coefficient (Wildman–Crippen LogP) is 2.65. The second kappa shape index (κ2) is 6.47. The summed E-state index contributed by atoms with van der Waals surface area (Å²) in [4.78, 5) is 0. The molecule has 0 saturated heterocycles. The molecule has 0 amide bonds. The van der Waals surface area contributed by atoms with Crippen LogP contribution in [0.15, 0.2) is 24.3 Å². The number of hydrogen-bond donors (Lipinski definition) is 2. The van der Waals surface area contributed by atoms with E-state index in [1.807, 2.05) is 24.3 Å². The second-order valence-corrected chi connectivity index (χ2v) is 3.80. The van der Waals surface area contributed by atoms with Crippen LogP contribution in [0.1, 0.15) is 30.9 Å². The SMILES string of the molecule is C#CCCCC(NN)c1ccc(Cl)cc1. The van der Waals surface area contributed by atoms with Crippen LogP contribution in [0.25, 0.3) is 0 Å². The minimum Gasteiger partial charge on any atom is -0.271 e. The van der Waals surface area contributed by atoms with Crippen LogP contribution >= 0.6 is 11.6 Å². The second-order valence-electron chi connectivity index (χ2n) is 3.37. The van der Waals surface area contributed by atoms with E-state index < -0.39 is 0 Å². The quantitative estimate of drug-likeness (QED) is 0.348. The summed E-state index contributed by atoms with van der Waals surface area (Å²) in [6, 6.07) is 7.83. The van der Waals surface area contributed by atoms with Gasteiger partial charge in [-0.15, -0.1) is 12.3 Å². The van der Waals surface area contributed by atoms with Crippen LogP contribution < -0.4 is 11.3 Å². The van der Waals surface area contributed by atoms with Gasteiger partial charge in [-0.3, -0.25) is 11.3 Å². The normalized spacial score (nSPS) is 12.1. The lowest BCUT2D eigenvalue weighted by Gasteiger charge is -2.15. The molecule has 0 heterocycles. The van der Waals surface area contributed by atoms with Crippen LogP contribution in [0.5, 0.6) is 0 Å². The molecule has 15 heavy (non-hydrogen) atoms. The molecule has 0 aromatic heterocycles. The van der Waals surface area contributed by atoms with E-state index >= 15 is 0 Å². The van der Waals surface area contributed by atoms with Gasteiger partial charge in [0.2, 0.25) is 0 Å². The van der Waals surface area contributed by atoms with Gasteiger partial charge in [-0.05, 0) is 30.5 Å². The molecule has 80 valence electrons. The van der Waals surface area contributed by atoms with Crippen LogP contribution in [0.2, 0.25) is 5.02 Å². The highest BCUT2D eigenvalue weighted by Crippen LogP contribution is 2.20. The van der Waals surface area contributed by atoms with Crippen molar-refractivity contribution in [1.82, 2.24) is 5.43 Å². The summed E-state index contributed by atoms with van der Waals surface area (Å²) in [6.45, 7) is 0. The van der Waals surface area contributed by atoms with Crippen LogP contribution in [-0.2, 0) is 0 Å². The number of benzene rings is 1. The van der Waals surface area contributed by atoms with Crippen molar-refractivity contribution in [1.29, 1.82) is 0 Å². The van der Waals surface area contributed by atoms with Crippen molar-refractivity contribution in [3.8, 4) is 12.3 Å². The van der Waals surface area contributed by atoms with Gasteiger partial charge in [0.05, 0.1) is 0 Å². The van der Waals surface area contributed by atoms with Gasteiger partial charge in [-0.2, -0.15) is 0 Å². The van der Waals surface area contributed by atoms with E-state index in [1.165, 1.54) is 0 Å². The third-order valence-electron chi connectivity index (χ3n) is 2.29. The Hall–Kier alpha value is -1.01. The van der Waals surface area contributed by atoms with Gasteiger partial charge in [0.15, 0.2) is 0 Å². The maximum atomic E-state index is 5.81. The number of terminal acetylenes is 1. The minimum absolute atomic E-state index is 0.149. The Bertz CT molecular complexity index is 326. The molecule has 0 aliphatic rings. The van der Waals surface area contributed by atoms with Crippen molar-refractivity contribution in [3.63, 3.8) is 0 Å². The first-order chi connectivity index (χ1) is 7.27. The van der Waals surface area contributed by atoms with Gasteiger partial charge in [-0.25, -0.2) is 0 Å². The van der Waals surface area contributed by atoms with E-state index in [0.717, 1.165) is 29.8 Å². The van der Waals surface area contributed by atoms with Crippen molar-refractivity contribution >= 4 is 11.6 Å². The smallest absolute Gasteiger partial charge is 0.0460 e. The van der Waals surface area contributed by atoms with E-state index in [2.05, 4.69) is 11.3 Å². The average molecular weight is 223 g/mol. The number of unbranched alkanes of at least 4 members (excludes halogenated alkanes) is 1. The summed E-state index contributed by atoms with van der Waals surface area (Å²) >= 11 is 5.81. The van der Waals surface area contributed by atoms with Crippen LogP contribution in [-0.4, -0.2) is 0 Å². The number of hydrogen-bond acceptors (Lipinski definition) is 2. The monoisotopic (exact) mass is 222 g/mol. The number of nitrogens with one attached hydrogen (secondary N) is 1. The lowest BCUT2D eigenvalue weighted by molar-refractivity contribution is 0.502. The van der Waals surface area contributed by atoms with Crippen molar-refractivity contribution in [3.05, 3.63) is 34.9 Å². The Morgan fingerprint density at radius 3 is 2.60 bits per heavy atom. The lowest BCUT2D eigenvalue weighted by Crippen LogP contribution is -2.27. The van der Waals surface area contributed by atoms with Crippen molar-refractivity contribution in [2.45, 2.75) is 25.3 Å². The Kier molecular flexibility index (Phi) is 5.20. The molecular weight excluding hydrogens is 208 g/mol.